The van der Waals surface area contributed by atoms with Crippen molar-refractivity contribution in [2.24, 2.45) is 22.9 Å². The minimum atomic E-state index is -3.91. The fraction of sp³-hybridized carbons (Fsp3) is 0.500. The molecule has 2 aliphatic heterocycles. The van der Waals surface area contributed by atoms with Gasteiger partial charge in [-0.15, -0.1) is 0 Å². The number of benzene rings is 1. The summed E-state index contributed by atoms with van der Waals surface area (Å²) in [6.45, 7) is 5.66. The second-order valence-corrected chi connectivity index (χ2v) is 12.2. The maximum absolute atomic E-state index is 12.8. The van der Waals surface area contributed by atoms with Gasteiger partial charge < -0.3 is 42.5 Å². The predicted molar refractivity (Wildman–Crippen MR) is 152 cm³/mol. The van der Waals surface area contributed by atoms with Gasteiger partial charge in [-0.1, -0.05) is 0 Å². The van der Waals surface area contributed by atoms with Gasteiger partial charge in [0.15, 0.2) is 0 Å². The third kappa shape index (κ3) is 6.42. The zero-order valence-electron chi connectivity index (χ0n) is 22.5. The van der Waals surface area contributed by atoms with Crippen LogP contribution in [0.1, 0.15) is 24.3 Å². The Hall–Kier alpha value is -3.57. The number of aromatic nitrogens is 4. The lowest BCUT2D eigenvalue weighted by molar-refractivity contribution is 0.441. The van der Waals surface area contributed by atoms with Crippen LogP contribution in [0.4, 0.5) is 29.5 Å². The standard InChI is InChI=1S/C24H36N12O3S/c1-13-14(2)39-24(29-13)34-40(37,38)20-5-3-19(4-6-20)30-21-31-22(35-9-15(25)7-16(26)10-35)33-23(32-21)36-11-17(27)8-18(28)12-36/h3-6,15-18H,7-12,25-28H2,1-2H3,(H,29,34)(H,30,31,32,33)/t15-,16+,17-,18+. The smallest absolute Gasteiger partial charge is 0.309 e. The van der Waals surface area contributed by atoms with Crippen molar-refractivity contribution in [1.29, 1.82) is 0 Å². The molecule has 4 atom stereocenters. The van der Waals surface area contributed by atoms with Crippen LogP contribution in [0.15, 0.2) is 33.6 Å². The van der Waals surface area contributed by atoms with Gasteiger partial charge in [-0.3, -0.25) is 0 Å². The molecule has 1 aromatic carbocycles. The topological polar surface area (TPSA) is 233 Å². The molecule has 2 saturated heterocycles. The quantitative estimate of drug-likeness (QED) is 0.214. The Bertz CT molecular complexity index is 1360. The summed E-state index contributed by atoms with van der Waals surface area (Å²) in [7, 11) is -3.91. The van der Waals surface area contributed by atoms with Gasteiger partial charge in [-0.2, -0.15) is 19.9 Å². The SMILES string of the molecule is Cc1nc(NS(=O)(=O)c2ccc(Nc3nc(N4C[C@H](N)C[C@H](N)C4)nc(N4C[C@H](N)C[C@H](N)C4)n3)cc2)oc1C. The third-order valence-electron chi connectivity index (χ3n) is 6.88. The van der Waals surface area contributed by atoms with Crippen molar-refractivity contribution < 1.29 is 12.8 Å². The van der Waals surface area contributed by atoms with E-state index < -0.39 is 10.0 Å². The van der Waals surface area contributed by atoms with Crippen LogP contribution in [-0.4, -0.2) is 78.7 Å². The van der Waals surface area contributed by atoms with Crippen LogP contribution < -0.4 is 42.8 Å². The highest BCUT2D eigenvalue weighted by Crippen LogP contribution is 2.25. The van der Waals surface area contributed by atoms with E-state index in [9.17, 15) is 8.42 Å². The van der Waals surface area contributed by atoms with Gasteiger partial charge in [-0.05, 0) is 51.0 Å². The summed E-state index contributed by atoms with van der Waals surface area (Å²) >= 11 is 0. The van der Waals surface area contributed by atoms with Crippen LogP contribution in [0.5, 0.6) is 0 Å². The Kier molecular flexibility index (Phi) is 7.78. The van der Waals surface area contributed by atoms with Crippen molar-refractivity contribution >= 4 is 39.6 Å². The monoisotopic (exact) mass is 572 g/mol. The van der Waals surface area contributed by atoms with E-state index in [-0.39, 0.29) is 41.0 Å². The molecule has 3 aromatic rings. The van der Waals surface area contributed by atoms with E-state index in [1.807, 2.05) is 9.80 Å². The van der Waals surface area contributed by atoms with Gasteiger partial charge in [0, 0.05) is 56.0 Å². The van der Waals surface area contributed by atoms with E-state index in [0.29, 0.717) is 68.1 Å². The van der Waals surface area contributed by atoms with E-state index >= 15 is 0 Å². The largest absolute Gasteiger partial charge is 0.428 e. The van der Waals surface area contributed by atoms with Crippen LogP contribution >= 0.6 is 0 Å². The van der Waals surface area contributed by atoms with E-state index in [1.54, 1.807) is 26.0 Å². The van der Waals surface area contributed by atoms with E-state index in [2.05, 4.69) is 25.0 Å². The Balaban J connectivity index is 1.39. The predicted octanol–water partition coefficient (Wildman–Crippen LogP) is -0.250. The second kappa shape index (κ2) is 11.1. The zero-order valence-corrected chi connectivity index (χ0v) is 23.3. The van der Waals surface area contributed by atoms with Crippen molar-refractivity contribution in [2.45, 2.75) is 55.8 Å². The lowest BCUT2D eigenvalue weighted by atomic mass is 10.0. The number of hydrogen-bond donors (Lipinski definition) is 6. The summed E-state index contributed by atoms with van der Waals surface area (Å²) in [5.41, 5.74) is 26.1. The molecule has 4 heterocycles. The number of oxazole rings is 1. The Morgan fingerprint density at radius 3 is 1.75 bits per heavy atom. The molecule has 0 amide bonds. The Morgan fingerprint density at radius 2 is 1.30 bits per heavy atom. The summed E-state index contributed by atoms with van der Waals surface area (Å²) < 4.78 is 33.3. The summed E-state index contributed by atoms with van der Waals surface area (Å²) in [6.07, 6.45) is 1.43. The number of hydrogen-bond acceptors (Lipinski definition) is 14. The minimum Gasteiger partial charge on any atom is -0.428 e. The molecular formula is C24H36N12O3S. The highest BCUT2D eigenvalue weighted by Gasteiger charge is 2.29. The molecule has 0 spiro atoms. The number of nitrogens with one attached hydrogen (secondary N) is 2. The number of aryl methyl sites for hydroxylation is 2. The second-order valence-electron chi connectivity index (χ2n) is 10.5. The first-order valence-electron chi connectivity index (χ1n) is 13.1. The van der Waals surface area contributed by atoms with Gasteiger partial charge in [0.2, 0.25) is 17.8 Å². The Morgan fingerprint density at radius 1 is 0.800 bits per heavy atom. The number of nitrogens with two attached hydrogens (primary N) is 4. The van der Waals surface area contributed by atoms with Crippen molar-refractivity contribution in [3.8, 4) is 0 Å². The molecule has 15 nitrogen and oxygen atoms in total. The van der Waals surface area contributed by atoms with Crippen molar-refractivity contribution in [2.75, 3.05) is 46.0 Å². The molecule has 40 heavy (non-hydrogen) atoms. The lowest BCUT2D eigenvalue weighted by Gasteiger charge is -2.37. The van der Waals surface area contributed by atoms with E-state index in [4.69, 9.17) is 32.3 Å². The number of piperidine rings is 2. The summed E-state index contributed by atoms with van der Waals surface area (Å²) in [6, 6.07) is 5.63. The van der Waals surface area contributed by atoms with Gasteiger partial charge in [0.05, 0.1) is 10.6 Å². The summed E-state index contributed by atoms with van der Waals surface area (Å²) in [5.74, 6) is 1.69. The van der Waals surface area contributed by atoms with Crippen LogP contribution in [0.2, 0.25) is 0 Å². The molecule has 10 N–H and O–H groups in total. The number of rotatable bonds is 7. The Labute approximate surface area is 232 Å². The molecule has 0 bridgehead atoms. The van der Waals surface area contributed by atoms with E-state index in [1.165, 1.54) is 12.1 Å². The average molecular weight is 573 g/mol. The number of nitrogens with zero attached hydrogens (tertiary/aromatic N) is 6. The molecule has 2 fully saturated rings. The summed E-state index contributed by atoms with van der Waals surface area (Å²) in [5, 5.41) is 3.16. The molecule has 216 valence electrons. The fourth-order valence-electron chi connectivity index (χ4n) is 4.91. The van der Waals surface area contributed by atoms with Gasteiger partial charge >= 0.3 is 6.01 Å². The van der Waals surface area contributed by atoms with Gasteiger partial charge in [0.25, 0.3) is 10.0 Å². The number of anilines is 5. The first kappa shape index (κ1) is 28.0. The van der Waals surface area contributed by atoms with Crippen LogP contribution in [0, 0.1) is 13.8 Å². The third-order valence-corrected chi connectivity index (χ3v) is 8.22. The van der Waals surface area contributed by atoms with E-state index in [0.717, 1.165) is 0 Å². The van der Waals surface area contributed by atoms with Crippen LogP contribution in [0.3, 0.4) is 0 Å². The summed E-state index contributed by atoms with van der Waals surface area (Å²) in [4.78, 5) is 22.0. The molecule has 2 aromatic heterocycles. The minimum absolute atomic E-state index is 0.0381. The fourth-order valence-corrected chi connectivity index (χ4v) is 5.84. The van der Waals surface area contributed by atoms with Gasteiger partial charge in [0.1, 0.15) is 5.76 Å². The van der Waals surface area contributed by atoms with Crippen LogP contribution in [0.25, 0.3) is 0 Å². The first-order valence-corrected chi connectivity index (χ1v) is 14.6. The zero-order chi connectivity index (χ0) is 28.6. The number of sulfonamides is 1. The van der Waals surface area contributed by atoms with Gasteiger partial charge in [-0.25, -0.2) is 13.1 Å². The molecule has 0 saturated carbocycles. The lowest BCUT2D eigenvalue weighted by Crippen LogP contribution is -2.54. The van der Waals surface area contributed by atoms with Crippen LogP contribution in [-0.2, 0) is 10.0 Å². The van der Waals surface area contributed by atoms with Crippen molar-refractivity contribution in [1.82, 2.24) is 19.9 Å². The van der Waals surface area contributed by atoms with Crippen molar-refractivity contribution in [3.05, 3.63) is 35.7 Å². The molecule has 0 unspecified atom stereocenters. The highest BCUT2D eigenvalue weighted by molar-refractivity contribution is 7.92. The molecular weight excluding hydrogens is 536 g/mol. The molecule has 2 aliphatic rings. The normalized spacial score (nSPS) is 23.8. The van der Waals surface area contributed by atoms with Crippen molar-refractivity contribution in [3.63, 3.8) is 0 Å². The maximum atomic E-state index is 12.8. The average Bonchev–Trinajstić information content (AvgIpc) is 3.18. The molecule has 5 rings (SSSR count). The first-order chi connectivity index (χ1) is 18.9. The molecule has 0 radical (unpaired) electrons. The maximum Gasteiger partial charge on any atom is 0.309 e. The highest BCUT2D eigenvalue weighted by atomic mass is 32.2. The molecule has 0 aliphatic carbocycles. The molecule has 16 heteroatoms.